The molecule has 1 aliphatic heterocycles. The molecule has 0 aromatic heterocycles. The second-order valence-corrected chi connectivity index (χ2v) is 9.07. The number of hydrogen-bond donors (Lipinski definition) is 0. The summed E-state index contributed by atoms with van der Waals surface area (Å²) in [6, 6.07) is 0. The van der Waals surface area contributed by atoms with Crippen molar-refractivity contribution in [1.82, 2.24) is 0 Å². The van der Waals surface area contributed by atoms with E-state index in [0.717, 1.165) is 12.8 Å². The molecule has 1 atom stereocenters. The van der Waals surface area contributed by atoms with Gasteiger partial charge in [-0.1, -0.05) is 32.5 Å². The van der Waals surface area contributed by atoms with Crippen LogP contribution in [0.15, 0.2) is 0 Å². The van der Waals surface area contributed by atoms with E-state index in [4.69, 9.17) is 9.47 Å². The lowest BCUT2D eigenvalue weighted by atomic mass is 9.97. The molecule has 0 amide bonds. The summed E-state index contributed by atoms with van der Waals surface area (Å²) in [5.74, 6) is -0.516. The van der Waals surface area contributed by atoms with Gasteiger partial charge in [0, 0.05) is 11.2 Å². The predicted octanol–water partition coefficient (Wildman–Crippen LogP) is 4.15. The Bertz CT molecular complexity index is 329. The number of hydrogen-bond acceptors (Lipinski definition) is 4. The second-order valence-electron chi connectivity index (χ2n) is 7.19. The molecule has 0 radical (unpaired) electrons. The molecule has 4 heteroatoms. The van der Waals surface area contributed by atoms with Crippen LogP contribution in [0.2, 0.25) is 0 Å². The van der Waals surface area contributed by atoms with Crippen LogP contribution in [0, 0.1) is 0 Å². The average molecular weight is 288 g/mol. The quantitative estimate of drug-likeness (QED) is 0.778. The summed E-state index contributed by atoms with van der Waals surface area (Å²) in [7, 11) is 0. The van der Waals surface area contributed by atoms with Crippen molar-refractivity contribution in [3.8, 4) is 0 Å². The summed E-state index contributed by atoms with van der Waals surface area (Å²) in [6.45, 7) is 14.2. The number of carbonyl (C=O) groups excluding carboxylic acids is 1. The van der Waals surface area contributed by atoms with E-state index in [9.17, 15) is 4.79 Å². The zero-order valence-electron chi connectivity index (χ0n) is 13.3. The van der Waals surface area contributed by atoms with Gasteiger partial charge in [0.25, 0.3) is 0 Å². The van der Waals surface area contributed by atoms with Gasteiger partial charge in [0.15, 0.2) is 10.9 Å². The van der Waals surface area contributed by atoms with Gasteiger partial charge >= 0.3 is 0 Å². The second kappa shape index (κ2) is 5.74. The fraction of sp³-hybridized carbons (Fsp3) is 0.933. The van der Waals surface area contributed by atoms with Gasteiger partial charge < -0.3 is 9.47 Å². The number of ether oxygens (including phenoxy) is 2. The topological polar surface area (TPSA) is 35.5 Å². The van der Waals surface area contributed by atoms with Crippen LogP contribution in [-0.4, -0.2) is 27.4 Å². The highest BCUT2D eigenvalue weighted by Gasteiger charge is 2.46. The van der Waals surface area contributed by atoms with Crippen LogP contribution >= 0.6 is 11.8 Å². The molecule has 112 valence electrons. The van der Waals surface area contributed by atoms with Gasteiger partial charge in [-0.3, -0.25) is 4.79 Å². The van der Waals surface area contributed by atoms with Crippen LogP contribution in [0.1, 0.15) is 67.7 Å². The first kappa shape index (κ1) is 17.0. The lowest BCUT2D eigenvalue weighted by Crippen LogP contribution is -2.33. The van der Waals surface area contributed by atoms with Crippen molar-refractivity contribution < 1.29 is 14.3 Å². The van der Waals surface area contributed by atoms with E-state index < -0.39 is 5.79 Å². The first-order valence-electron chi connectivity index (χ1n) is 7.01. The Hall–Kier alpha value is -0.0600. The molecule has 1 heterocycles. The molecule has 19 heavy (non-hydrogen) atoms. The van der Waals surface area contributed by atoms with Crippen LogP contribution in [0.25, 0.3) is 0 Å². The molecule has 0 N–H and O–H groups in total. The lowest BCUT2D eigenvalue weighted by molar-refractivity contribution is -0.157. The third kappa shape index (κ3) is 5.84. The Morgan fingerprint density at radius 3 is 2.21 bits per heavy atom. The largest absolute Gasteiger partial charge is 0.344 e. The molecule has 0 bridgehead atoms. The van der Waals surface area contributed by atoms with Crippen molar-refractivity contribution in [2.75, 3.05) is 0 Å². The zero-order chi connectivity index (χ0) is 14.9. The summed E-state index contributed by atoms with van der Waals surface area (Å²) in [5.41, 5.74) is -0.274. The van der Waals surface area contributed by atoms with Crippen molar-refractivity contribution in [3.05, 3.63) is 0 Å². The Morgan fingerprint density at radius 1 is 1.21 bits per heavy atom. The van der Waals surface area contributed by atoms with Gasteiger partial charge in [-0.2, -0.15) is 0 Å². The van der Waals surface area contributed by atoms with Gasteiger partial charge in [-0.05, 0) is 40.5 Å². The molecular weight excluding hydrogens is 260 g/mol. The van der Waals surface area contributed by atoms with E-state index in [2.05, 4.69) is 34.6 Å². The lowest BCUT2D eigenvalue weighted by Gasteiger charge is -2.24. The van der Waals surface area contributed by atoms with Crippen molar-refractivity contribution in [3.63, 3.8) is 0 Å². The average Bonchev–Trinajstić information content (AvgIpc) is 2.30. The molecular formula is C15H28O3S. The molecule has 0 spiro atoms. The van der Waals surface area contributed by atoms with E-state index in [-0.39, 0.29) is 21.6 Å². The van der Waals surface area contributed by atoms with Crippen LogP contribution in [-0.2, 0) is 14.3 Å². The van der Waals surface area contributed by atoms with E-state index in [1.54, 1.807) is 0 Å². The van der Waals surface area contributed by atoms with Gasteiger partial charge in [0.2, 0.25) is 0 Å². The van der Waals surface area contributed by atoms with E-state index in [1.807, 2.05) is 13.8 Å². The van der Waals surface area contributed by atoms with Gasteiger partial charge in [-0.25, -0.2) is 0 Å². The summed E-state index contributed by atoms with van der Waals surface area (Å²) in [6.07, 6.45) is 2.40. The van der Waals surface area contributed by atoms with Gasteiger partial charge in [0.05, 0.1) is 11.7 Å². The Kier molecular flexibility index (Phi) is 5.14. The molecule has 0 aromatic rings. The molecule has 1 aliphatic rings. The Labute approximate surface area is 121 Å². The first-order chi connectivity index (χ1) is 8.41. The summed E-state index contributed by atoms with van der Waals surface area (Å²) in [5, 5.41) is 0.267. The maximum atomic E-state index is 11.8. The van der Waals surface area contributed by atoms with Crippen LogP contribution in [0.5, 0.6) is 0 Å². The van der Waals surface area contributed by atoms with Crippen LogP contribution in [0.4, 0.5) is 0 Å². The Morgan fingerprint density at radius 2 is 1.79 bits per heavy atom. The Balaban J connectivity index is 2.36. The molecule has 0 unspecified atom stereocenters. The summed E-state index contributed by atoms with van der Waals surface area (Å²) < 4.78 is 11.8. The van der Waals surface area contributed by atoms with Gasteiger partial charge in [-0.15, -0.1) is 0 Å². The zero-order valence-corrected chi connectivity index (χ0v) is 14.1. The standard InChI is InChI=1S/C15H28O3S/c1-13(2,3)19-12(16)10-8-9-11-14(4,5)18-15(6,7)17-11/h11H,8-10H2,1-7H3/t11-/m0/s1. The maximum absolute atomic E-state index is 11.8. The summed E-state index contributed by atoms with van der Waals surface area (Å²) in [4.78, 5) is 11.8. The number of thioether (sulfide) groups is 1. The maximum Gasteiger partial charge on any atom is 0.189 e. The fourth-order valence-electron chi connectivity index (χ4n) is 2.44. The van der Waals surface area contributed by atoms with Crippen molar-refractivity contribution in [1.29, 1.82) is 0 Å². The van der Waals surface area contributed by atoms with E-state index >= 15 is 0 Å². The minimum Gasteiger partial charge on any atom is -0.344 e. The SMILES string of the molecule is CC1(C)O[C@@H](CCCC(=O)SC(C)(C)C)C(C)(C)O1. The van der Waals surface area contributed by atoms with Crippen LogP contribution < -0.4 is 0 Å². The molecule has 1 rings (SSSR count). The van der Waals surface area contributed by atoms with Crippen molar-refractivity contribution >= 4 is 16.9 Å². The molecule has 0 aromatic carbocycles. The first-order valence-corrected chi connectivity index (χ1v) is 7.83. The third-order valence-electron chi connectivity index (χ3n) is 2.98. The highest BCUT2D eigenvalue weighted by molar-refractivity contribution is 8.14. The predicted molar refractivity (Wildman–Crippen MR) is 80.3 cm³/mol. The van der Waals surface area contributed by atoms with Crippen LogP contribution in [0.3, 0.4) is 0 Å². The monoisotopic (exact) mass is 288 g/mol. The number of rotatable bonds is 4. The molecule has 0 aliphatic carbocycles. The summed E-state index contributed by atoms with van der Waals surface area (Å²) >= 11 is 1.43. The van der Waals surface area contributed by atoms with E-state index in [1.165, 1.54) is 11.8 Å². The van der Waals surface area contributed by atoms with Crippen molar-refractivity contribution in [2.45, 2.75) is 90.0 Å². The smallest absolute Gasteiger partial charge is 0.189 e. The van der Waals surface area contributed by atoms with E-state index in [0.29, 0.717) is 6.42 Å². The fourth-order valence-corrected chi connectivity index (χ4v) is 3.37. The molecule has 1 saturated heterocycles. The third-order valence-corrected chi connectivity index (χ3v) is 4.02. The highest BCUT2D eigenvalue weighted by atomic mass is 32.2. The molecule has 0 saturated carbocycles. The minimum atomic E-state index is -0.516. The van der Waals surface area contributed by atoms with Crippen molar-refractivity contribution in [2.24, 2.45) is 0 Å². The minimum absolute atomic E-state index is 0.00527. The normalized spacial score (nSPS) is 25.5. The molecule has 1 fully saturated rings. The molecule has 3 nitrogen and oxygen atoms in total. The van der Waals surface area contributed by atoms with Gasteiger partial charge in [0.1, 0.15) is 0 Å². The number of carbonyl (C=O) groups is 1. The highest BCUT2D eigenvalue weighted by Crippen LogP contribution is 2.38.